The van der Waals surface area contributed by atoms with E-state index in [1.807, 2.05) is 48.2 Å². The minimum Gasteiger partial charge on any atom is -0.454 e. The Morgan fingerprint density at radius 2 is 1.65 bits per heavy atom. The maximum absolute atomic E-state index is 13.0. The molecule has 3 heterocycles. The van der Waals surface area contributed by atoms with Crippen LogP contribution in [0.1, 0.15) is 12.5 Å². The fourth-order valence-corrected chi connectivity index (χ4v) is 4.42. The average molecular weight is 422 g/mol. The van der Waals surface area contributed by atoms with Gasteiger partial charge in [-0.25, -0.2) is 4.79 Å². The van der Waals surface area contributed by atoms with Crippen LogP contribution in [0.3, 0.4) is 0 Å². The molecule has 8 heteroatoms. The number of hydrogen-bond acceptors (Lipinski definition) is 5. The van der Waals surface area contributed by atoms with Crippen LogP contribution in [0, 0.1) is 0 Å². The molecule has 1 amide bonds. The van der Waals surface area contributed by atoms with Gasteiger partial charge in [0.05, 0.1) is 11.0 Å². The molecule has 8 nitrogen and oxygen atoms in total. The van der Waals surface area contributed by atoms with Crippen molar-refractivity contribution in [3.05, 3.63) is 58.5 Å². The van der Waals surface area contributed by atoms with Crippen molar-refractivity contribution in [3.63, 3.8) is 0 Å². The number of nitrogens with zero attached hydrogens (tertiary/aromatic N) is 4. The number of aromatic nitrogens is 2. The van der Waals surface area contributed by atoms with Crippen molar-refractivity contribution in [1.29, 1.82) is 0 Å². The molecule has 0 bridgehead atoms. The fourth-order valence-electron chi connectivity index (χ4n) is 4.42. The molecular formula is C23H26N4O4. The van der Waals surface area contributed by atoms with E-state index in [2.05, 4.69) is 11.0 Å². The van der Waals surface area contributed by atoms with Gasteiger partial charge in [0, 0.05) is 39.3 Å². The second-order valence-corrected chi connectivity index (χ2v) is 7.95. The zero-order valence-electron chi connectivity index (χ0n) is 17.6. The first-order chi connectivity index (χ1) is 15.1. The fraction of sp³-hybridized carbons (Fsp3) is 0.391. The minimum atomic E-state index is -0.126. The van der Waals surface area contributed by atoms with Crippen LogP contribution in [0.15, 0.2) is 47.3 Å². The molecule has 31 heavy (non-hydrogen) atoms. The molecule has 0 atom stereocenters. The molecule has 0 saturated carbocycles. The first-order valence-electron chi connectivity index (χ1n) is 10.7. The molecule has 2 aliphatic heterocycles. The van der Waals surface area contributed by atoms with Crippen molar-refractivity contribution in [3.8, 4) is 11.5 Å². The van der Waals surface area contributed by atoms with Gasteiger partial charge in [0.2, 0.25) is 12.7 Å². The quantitative estimate of drug-likeness (QED) is 0.628. The Labute approximate surface area is 180 Å². The van der Waals surface area contributed by atoms with E-state index in [4.69, 9.17) is 9.47 Å². The maximum Gasteiger partial charge on any atom is 0.329 e. The molecule has 0 N–H and O–H groups in total. The number of imidazole rings is 1. The van der Waals surface area contributed by atoms with Crippen molar-refractivity contribution in [2.75, 3.05) is 33.0 Å². The molecule has 2 aliphatic rings. The lowest BCUT2D eigenvalue weighted by molar-refractivity contribution is -0.133. The number of ether oxygens (including phenoxy) is 2. The number of carbonyl (C=O) groups excluding carboxylic acids is 1. The van der Waals surface area contributed by atoms with E-state index in [0.717, 1.165) is 42.2 Å². The molecule has 162 valence electrons. The van der Waals surface area contributed by atoms with Crippen LogP contribution in [-0.4, -0.2) is 57.8 Å². The maximum atomic E-state index is 13.0. The number of hydrogen-bond donors (Lipinski definition) is 0. The number of carbonyl (C=O) groups is 1. The molecule has 1 aromatic heterocycles. The lowest BCUT2D eigenvalue weighted by Gasteiger charge is -2.34. The molecule has 1 fully saturated rings. The molecule has 5 rings (SSSR count). The van der Waals surface area contributed by atoms with Gasteiger partial charge in [-0.15, -0.1) is 0 Å². The summed E-state index contributed by atoms with van der Waals surface area (Å²) in [5.41, 5.74) is 2.72. The summed E-state index contributed by atoms with van der Waals surface area (Å²) in [4.78, 5) is 30.0. The monoisotopic (exact) mass is 422 g/mol. The highest BCUT2D eigenvalue weighted by Gasteiger charge is 2.24. The molecular weight excluding hydrogens is 396 g/mol. The van der Waals surface area contributed by atoms with Crippen LogP contribution < -0.4 is 15.2 Å². The largest absolute Gasteiger partial charge is 0.454 e. The van der Waals surface area contributed by atoms with Crippen LogP contribution in [-0.2, 0) is 24.4 Å². The first-order valence-corrected chi connectivity index (χ1v) is 10.7. The first kappa shape index (κ1) is 19.7. The van der Waals surface area contributed by atoms with Crippen LogP contribution in [0.2, 0.25) is 0 Å². The number of fused-ring (bicyclic) bond motifs is 2. The summed E-state index contributed by atoms with van der Waals surface area (Å²) in [5, 5.41) is 0. The normalized spacial score (nSPS) is 16.2. The van der Waals surface area contributed by atoms with E-state index in [-0.39, 0.29) is 24.9 Å². The third kappa shape index (κ3) is 3.67. The number of amides is 1. The van der Waals surface area contributed by atoms with Crippen LogP contribution in [0.4, 0.5) is 0 Å². The number of rotatable bonds is 5. The summed E-state index contributed by atoms with van der Waals surface area (Å²) >= 11 is 0. The molecule has 0 spiro atoms. The van der Waals surface area contributed by atoms with Gasteiger partial charge in [0.15, 0.2) is 11.5 Å². The SMILES string of the molecule is CCn1c(=O)n(CC(=O)N2CCN(Cc3ccc4c(c3)OCO4)CC2)c2ccccc21. The molecule has 1 saturated heterocycles. The molecule has 0 radical (unpaired) electrons. The van der Waals surface area contributed by atoms with E-state index in [1.54, 1.807) is 9.13 Å². The summed E-state index contributed by atoms with van der Waals surface area (Å²) in [6, 6.07) is 13.7. The Bertz CT molecular complexity index is 1170. The number of para-hydroxylation sites is 2. The minimum absolute atomic E-state index is 0.0103. The van der Waals surface area contributed by atoms with Crippen molar-refractivity contribution in [1.82, 2.24) is 18.9 Å². The Morgan fingerprint density at radius 3 is 2.39 bits per heavy atom. The van der Waals surface area contributed by atoms with Crippen LogP contribution in [0.5, 0.6) is 11.5 Å². The molecule has 2 aromatic carbocycles. The summed E-state index contributed by atoms with van der Waals surface area (Å²) < 4.78 is 14.1. The lowest BCUT2D eigenvalue weighted by Crippen LogP contribution is -2.49. The zero-order valence-corrected chi connectivity index (χ0v) is 17.6. The highest BCUT2D eigenvalue weighted by molar-refractivity contribution is 5.81. The number of benzene rings is 2. The predicted octanol–water partition coefficient (Wildman–Crippen LogP) is 1.90. The molecule has 3 aromatic rings. The van der Waals surface area contributed by atoms with E-state index in [9.17, 15) is 9.59 Å². The highest BCUT2D eigenvalue weighted by Crippen LogP contribution is 2.32. The zero-order chi connectivity index (χ0) is 21.4. The summed E-state index contributed by atoms with van der Waals surface area (Å²) in [6.07, 6.45) is 0. The summed E-state index contributed by atoms with van der Waals surface area (Å²) in [7, 11) is 0. The average Bonchev–Trinajstić information content (AvgIpc) is 3.36. The Balaban J connectivity index is 1.22. The van der Waals surface area contributed by atoms with Gasteiger partial charge < -0.3 is 14.4 Å². The summed E-state index contributed by atoms with van der Waals surface area (Å²) in [6.45, 7) is 6.60. The van der Waals surface area contributed by atoms with Crippen molar-refractivity contribution in [2.45, 2.75) is 26.6 Å². The van der Waals surface area contributed by atoms with Gasteiger partial charge in [0.25, 0.3) is 0 Å². The van der Waals surface area contributed by atoms with Gasteiger partial charge in [-0.2, -0.15) is 0 Å². The second-order valence-electron chi connectivity index (χ2n) is 7.95. The van der Waals surface area contributed by atoms with Crippen molar-refractivity contribution >= 4 is 16.9 Å². The lowest BCUT2D eigenvalue weighted by atomic mass is 10.1. The molecule has 0 unspecified atom stereocenters. The topological polar surface area (TPSA) is 68.9 Å². The number of piperazine rings is 1. The Morgan fingerprint density at radius 1 is 0.935 bits per heavy atom. The van der Waals surface area contributed by atoms with Gasteiger partial charge in [-0.05, 0) is 36.8 Å². The smallest absolute Gasteiger partial charge is 0.329 e. The highest BCUT2D eigenvalue weighted by atomic mass is 16.7. The third-order valence-corrected chi connectivity index (χ3v) is 6.10. The molecule has 0 aliphatic carbocycles. The Kier molecular flexibility index (Phi) is 5.15. The van der Waals surface area contributed by atoms with Crippen molar-refractivity contribution in [2.24, 2.45) is 0 Å². The summed E-state index contributed by atoms with van der Waals surface area (Å²) in [5.74, 6) is 1.57. The van der Waals surface area contributed by atoms with Gasteiger partial charge in [-0.1, -0.05) is 18.2 Å². The van der Waals surface area contributed by atoms with E-state index in [0.29, 0.717) is 19.6 Å². The van der Waals surface area contributed by atoms with Gasteiger partial charge >= 0.3 is 5.69 Å². The standard InChI is InChI=1S/C23H26N4O4/c1-2-26-18-5-3-4-6-19(18)27(23(26)29)15-22(28)25-11-9-24(10-12-25)14-17-7-8-20-21(13-17)31-16-30-20/h3-8,13H,2,9-12,14-16H2,1H3. The van der Waals surface area contributed by atoms with E-state index >= 15 is 0 Å². The van der Waals surface area contributed by atoms with Crippen LogP contribution >= 0.6 is 0 Å². The Hall–Kier alpha value is -3.26. The predicted molar refractivity (Wildman–Crippen MR) is 116 cm³/mol. The van der Waals surface area contributed by atoms with Crippen molar-refractivity contribution < 1.29 is 14.3 Å². The van der Waals surface area contributed by atoms with Gasteiger partial charge in [0.1, 0.15) is 6.54 Å². The number of aryl methyl sites for hydroxylation is 1. The van der Waals surface area contributed by atoms with Crippen LogP contribution in [0.25, 0.3) is 11.0 Å². The van der Waals surface area contributed by atoms with E-state index < -0.39 is 0 Å². The third-order valence-electron chi connectivity index (χ3n) is 6.10. The van der Waals surface area contributed by atoms with E-state index in [1.165, 1.54) is 5.56 Å². The second kappa shape index (κ2) is 8.11. The van der Waals surface area contributed by atoms with Gasteiger partial charge in [-0.3, -0.25) is 18.8 Å².